The van der Waals surface area contributed by atoms with Gasteiger partial charge in [-0.25, -0.2) is 0 Å². The quantitative estimate of drug-likeness (QED) is 0.169. The molecule has 2 heterocycles. The van der Waals surface area contributed by atoms with Crippen LogP contribution in [0.5, 0.6) is 0 Å². The summed E-state index contributed by atoms with van der Waals surface area (Å²) in [5.74, 6) is 0. The molecular weight excluding hydrogens is 719 g/mol. The second kappa shape index (κ2) is 13.4. The maximum atomic E-state index is 6.73. The van der Waals surface area contributed by atoms with Crippen molar-refractivity contribution in [2.75, 3.05) is 4.90 Å². The molecule has 0 bridgehead atoms. The fourth-order valence-corrected chi connectivity index (χ4v) is 9.01. The minimum Gasteiger partial charge on any atom is -0.455 e. The van der Waals surface area contributed by atoms with Crippen LogP contribution in [0.15, 0.2) is 221 Å². The first kappa shape index (κ1) is 33.3. The average Bonchev–Trinajstić information content (AvgIpc) is 3.89. The maximum absolute atomic E-state index is 6.73. The number of fused-ring (bicyclic) bond motifs is 9. The van der Waals surface area contributed by atoms with Crippen LogP contribution in [-0.4, -0.2) is 0 Å². The monoisotopic (exact) mass is 753 g/mol. The number of rotatable bonds is 6. The second-order valence-corrected chi connectivity index (χ2v) is 15.2. The topological polar surface area (TPSA) is 29.5 Å². The molecule has 12 rings (SSSR count). The van der Waals surface area contributed by atoms with Crippen LogP contribution in [0.4, 0.5) is 17.1 Å². The Bertz CT molecular complexity index is 3550. The van der Waals surface area contributed by atoms with E-state index in [1.54, 1.807) is 0 Å². The van der Waals surface area contributed by atoms with Gasteiger partial charge < -0.3 is 13.7 Å². The van der Waals surface area contributed by atoms with Gasteiger partial charge in [0.05, 0.1) is 16.8 Å². The third-order valence-electron chi connectivity index (χ3n) is 11.9. The molecule has 3 heteroatoms. The van der Waals surface area contributed by atoms with Gasteiger partial charge in [-0.1, -0.05) is 164 Å². The largest absolute Gasteiger partial charge is 0.455 e. The van der Waals surface area contributed by atoms with Crippen molar-refractivity contribution in [1.29, 1.82) is 0 Å². The molecule has 0 fully saturated rings. The van der Waals surface area contributed by atoms with E-state index in [0.717, 1.165) is 88.4 Å². The standard InChI is InChI=1S/C56H35NO2/c1-2-13-41-35-42(28-27-36(41)11-1)39-25-23-37(24-26-39)38-29-32-43(33-30-38)57(51-20-10-22-53-54(51)49-34-31-40-12-3-4-14-44(40)55(49)59-53)50-19-7-5-15-45(50)47-17-9-18-48-46-16-6-8-21-52(46)58-56(47)48/h1-35H. The third kappa shape index (κ3) is 5.44. The van der Waals surface area contributed by atoms with Crippen LogP contribution in [0.1, 0.15) is 0 Å². The van der Waals surface area contributed by atoms with E-state index in [0.29, 0.717) is 0 Å². The highest BCUT2D eigenvalue weighted by Gasteiger charge is 2.24. The first-order chi connectivity index (χ1) is 29.2. The van der Waals surface area contributed by atoms with Gasteiger partial charge in [-0.05, 0) is 86.9 Å². The van der Waals surface area contributed by atoms with Gasteiger partial charge >= 0.3 is 0 Å². The Morgan fingerprint density at radius 2 is 0.864 bits per heavy atom. The predicted octanol–water partition coefficient (Wildman–Crippen LogP) is 16.3. The second-order valence-electron chi connectivity index (χ2n) is 15.2. The SMILES string of the molecule is c1ccc(N(c2ccc(-c3ccc(-c4ccc5ccccc5c4)cc3)cc2)c2cccc3oc4c5ccccc5ccc4c23)c(-c2cccc3c2oc2ccccc23)c1. The number of nitrogens with zero attached hydrogens (tertiary/aromatic N) is 1. The van der Waals surface area contributed by atoms with Crippen LogP contribution in [0, 0.1) is 0 Å². The summed E-state index contributed by atoms with van der Waals surface area (Å²) in [5.41, 5.74) is 13.5. The number of furan rings is 2. The molecule has 0 aliphatic rings. The van der Waals surface area contributed by atoms with Crippen molar-refractivity contribution >= 4 is 82.5 Å². The summed E-state index contributed by atoms with van der Waals surface area (Å²) in [5, 5.41) is 9.12. The van der Waals surface area contributed by atoms with E-state index < -0.39 is 0 Å². The van der Waals surface area contributed by atoms with Gasteiger partial charge in [-0.15, -0.1) is 0 Å². The highest BCUT2D eigenvalue weighted by Crippen LogP contribution is 2.48. The van der Waals surface area contributed by atoms with Crippen LogP contribution in [0.2, 0.25) is 0 Å². The van der Waals surface area contributed by atoms with Crippen molar-refractivity contribution in [3.63, 3.8) is 0 Å². The van der Waals surface area contributed by atoms with Crippen LogP contribution in [0.25, 0.3) is 98.8 Å². The lowest BCUT2D eigenvalue weighted by atomic mass is 9.97. The van der Waals surface area contributed by atoms with E-state index in [1.165, 1.54) is 27.5 Å². The number of hydrogen-bond acceptors (Lipinski definition) is 3. The molecular formula is C56H35NO2. The van der Waals surface area contributed by atoms with Crippen molar-refractivity contribution < 1.29 is 8.83 Å². The minimum absolute atomic E-state index is 0.846. The zero-order chi connectivity index (χ0) is 38.9. The Labute approximate surface area is 340 Å². The Balaban J connectivity index is 1.02. The smallest absolute Gasteiger partial charge is 0.143 e. The molecule has 10 aromatic carbocycles. The zero-order valence-electron chi connectivity index (χ0n) is 32.0. The maximum Gasteiger partial charge on any atom is 0.143 e. The molecule has 0 amide bonds. The molecule has 0 radical (unpaired) electrons. The Hall–Kier alpha value is -7.88. The highest BCUT2D eigenvalue weighted by atomic mass is 16.3. The van der Waals surface area contributed by atoms with Crippen molar-refractivity contribution in [2.24, 2.45) is 0 Å². The minimum atomic E-state index is 0.846. The highest BCUT2D eigenvalue weighted by molar-refractivity contribution is 6.20. The molecule has 0 atom stereocenters. The Morgan fingerprint density at radius 1 is 0.305 bits per heavy atom. The fourth-order valence-electron chi connectivity index (χ4n) is 9.01. The average molecular weight is 754 g/mol. The molecule has 0 N–H and O–H groups in total. The van der Waals surface area contributed by atoms with Crippen LogP contribution in [0.3, 0.4) is 0 Å². The summed E-state index contributed by atoms with van der Waals surface area (Å²) >= 11 is 0. The Morgan fingerprint density at radius 3 is 1.71 bits per heavy atom. The van der Waals surface area contributed by atoms with E-state index >= 15 is 0 Å². The molecule has 2 aromatic heterocycles. The van der Waals surface area contributed by atoms with Gasteiger partial charge in [-0.3, -0.25) is 0 Å². The number of benzene rings is 10. The van der Waals surface area contributed by atoms with Crippen molar-refractivity contribution in [3.8, 4) is 33.4 Å². The summed E-state index contributed by atoms with van der Waals surface area (Å²) in [6.07, 6.45) is 0. The molecule has 0 spiro atoms. The molecule has 0 unspecified atom stereocenters. The molecule has 0 saturated heterocycles. The van der Waals surface area contributed by atoms with Gasteiger partial charge in [0.25, 0.3) is 0 Å². The molecule has 276 valence electrons. The van der Waals surface area contributed by atoms with E-state index in [9.17, 15) is 0 Å². The lowest BCUT2D eigenvalue weighted by Gasteiger charge is -2.28. The van der Waals surface area contributed by atoms with Gasteiger partial charge in [0, 0.05) is 38.4 Å². The summed E-state index contributed by atoms with van der Waals surface area (Å²) in [6, 6.07) is 75.7. The summed E-state index contributed by atoms with van der Waals surface area (Å²) in [6.45, 7) is 0. The molecule has 0 aliphatic heterocycles. The van der Waals surface area contributed by atoms with Crippen LogP contribution in [-0.2, 0) is 0 Å². The number of hydrogen-bond donors (Lipinski definition) is 0. The summed E-state index contributed by atoms with van der Waals surface area (Å²) in [4.78, 5) is 2.38. The molecule has 59 heavy (non-hydrogen) atoms. The fraction of sp³-hybridized carbons (Fsp3) is 0. The van der Waals surface area contributed by atoms with Gasteiger partial charge in [-0.2, -0.15) is 0 Å². The normalized spacial score (nSPS) is 11.7. The van der Waals surface area contributed by atoms with Crippen LogP contribution >= 0.6 is 0 Å². The summed E-state index contributed by atoms with van der Waals surface area (Å²) in [7, 11) is 0. The van der Waals surface area contributed by atoms with Crippen molar-refractivity contribution in [3.05, 3.63) is 212 Å². The first-order valence-corrected chi connectivity index (χ1v) is 20.1. The molecule has 0 aliphatic carbocycles. The molecule has 3 nitrogen and oxygen atoms in total. The lowest BCUT2D eigenvalue weighted by Crippen LogP contribution is -2.11. The van der Waals surface area contributed by atoms with Crippen molar-refractivity contribution in [2.45, 2.75) is 0 Å². The first-order valence-electron chi connectivity index (χ1n) is 20.1. The number of anilines is 3. The molecule has 12 aromatic rings. The molecule has 0 saturated carbocycles. The summed E-state index contributed by atoms with van der Waals surface area (Å²) < 4.78 is 13.4. The van der Waals surface area contributed by atoms with Gasteiger partial charge in [0.1, 0.15) is 22.3 Å². The van der Waals surface area contributed by atoms with Gasteiger partial charge in [0.2, 0.25) is 0 Å². The van der Waals surface area contributed by atoms with Crippen molar-refractivity contribution in [1.82, 2.24) is 0 Å². The van der Waals surface area contributed by atoms with Gasteiger partial charge in [0.15, 0.2) is 0 Å². The lowest BCUT2D eigenvalue weighted by molar-refractivity contribution is 0.670. The third-order valence-corrected chi connectivity index (χ3v) is 11.9. The predicted molar refractivity (Wildman–Crippen MR) is 247 cm³/mol. The van der Waals surface area contributed by atoms with E-state index in [4.69, 9.17) is 8.83 Å². The van der Waals surface area contributed by atoms with E-state index in [-0.39, 0.29) is 0 Å². The van der Waals surface area contributed by atoms with E-state index in [1.807, 2.05) is 12.1 Å². The zero-order valence-corrected chi connectivity index (χ0v) is 32.0. The Kier molecular flexibility index (Phi) is 7.54. The number of para-hydroxylation sites is 3. The van der Waals surface area contributed by atoms with Crippen LogP contribution < -0.4 is 4.90 Å². The van der Waals surface area contributed by atoms with E-state index in [2.05, 4.69) is 205 Å².